The van der Waals surface area contributed by atoms with Gasteiger partial charge in [0.1, 0.15) is 5.75 Å². The highest BCUT2D eigenvalue weighted by molar-refractivity contribution is 5.69. The fourth-order valence-corrected chi connectivity index (χ4v) is 2.42. The Kier molecular flexibility index (Phi) is 4.39. The molecule has 0 aromatic heterocycles. The molecular weight excluding hydrogens is 246 g/mol. The molecule has 2 unspecified atom stereocenters. The average molecular weight is 265 g/mol. The van der Waals surface area contributed by atoms with E-state index in [1.165, 1.54) is 7.11 Å². The number of methoxy groups -OCH3 is 2. The molecule has 19 heavy (non-hydrogen) atoms. The molecule has 5 nitrogen and oxygen atoms in total. The van der Waals surface area contributed by atoms with Crippen LogP contribution in [0, 0.1) is 0 Å². The molecule has 2 atom stereocenters. The summed E-state index contributed by atoms with van der Waals surface area (Å²) < 4.78 is 15.6. The lowest BCUT2D eigenvalue weighted by molar-refractivity contribution is -0.142. The number of carbonyl (C=O) groups is 1. The number of benzene rings is 1. The van der Waals surface area contributed by atoms with Gasteiger partial charge in [-0.05, 0) is 18.1 Å². The third-order valence-electron chi connectivity index (χ3n) is 3.36. The van der Waals surface area contributed by atoms with E-state index in [-0.39, 0.29) is 24.5 Å². The summed E-state index contributed by atoms with van der Waals surface area (Å²) >= 11 is 0. The van der Waals surface area contributed by atoms with Crippen molar-refractivity contribution in [1.82, 2.24) is 0 Å². The maximum Gasteiger partial charge on any atom is 0.307 e. The smallest absolute Gasteiger partial charge is 0.307 e. The van der Waals surface area contributed by atoms with Gasteiger partial charge in [-0.3, -0.25) is 4.79 Å². The average Bonchev–Trinajstić information content (AvgIpc) is 2.74. The number of fused-ring (bicyclic) bond motifs is 1. The van der Waals surface area contributed by atoms with Gasteiger partial charge in [0.25, 0.3) is 0 Å². The quantitative estimate of drug-likeness (QED) is 0.810. The zero-order chi connectivity index (χ0) is 13.8. The SMILES string of the molecule is COC(=O)CCOC1c2cccc(OC)c2CC1N. The zero-order valence-electron chi connectivity index (χ0n) is 11.2. The van der Waals surface area contributed by atoms with Gasteiger partial charge in [-0.2, -0.15) is 0 Å². The monoisotopic (exact) mass is 265 g/mol. The van der Waals surface area contributed by atoms with Crippen LogP contribution in [0.25, 0.3) is 0 Å². The molecule has 1 aliphatic rings. The summed E-state index contributed by atoms with van der Waals surface area (Å²) in [7, 11) is 3.01. The van der Waals surface area contributed by atoms with Crippen molar-refractivity contribution in [1.29, 1.82) is 0 Å². The van der Waals surface area contributed by atoms with Crippen LogP contribution >= 0.6 is 0 Å². The van der Waals surface area contributed by atoms with E-state index in [1.54, 1.807) is 7.11 Å². The van der Waals surface area contributed by atoms with E-state index in [9.17, 15) is 4.79 Å². The summed E-state index contributed by atoms with van der Waals surface area (Å²) in [6.45, 7) is 0.307. The fraction of sp³-hybridized carbons (Fsp3) is 0.500. The fourth-order valence-electron chi connectivity index (χ4n) is 2.42. The molecule has 0 amide bonds. The van der Waals surface area contributed by atoms with Crippen LogP contribution in [0.3, 0.4) is 0 Å². The number of hydrogen-bond donors (Lipinski definition) is 1. The second-order valence-electron chi connectivity index (χ2n) is 4.51. The number of ether oxygens (including phenoxy) is 3. The van der Waals surface area contributed by atoms with Crippen molar-refractivity contribution < 1.29 is 19.0 Å². The van der Waals surface area contributed by atoms with E-state index in [0.717, 1.165) is 23.3 Å². The minimum absolute atomic E-state index is 0.107. The summed E-state index contributed by atoms with van der Waals surface area (Å²) in [5.74, 6) is 0.560. The Morgan fingerprint density at radius 1 is 1.42 bits per heavy atom. The Bertz CT molecular complexity index is 461. The van der Waals surface area contributed by atoms with Crippen LogP contribution < -0.4 is 10.5 Å². The molecule has 1 aromatic rings. The molecule has 0 heterocycles. The van der Waals surface area contributed by atoms with Gasteiger partial charge in [-0.1, -0.05) is 12.1 Å². The van der Waals surface area contributed by atoms with Crippen molar-refractivity contribution in [2.24, 2.45) is 5.73 Å². The van der Waals surface area contributed by atoms with Gasteiger partial charge >= 0.3 is 5.97 Å². The lowest BCUT2D eigenvalue weighted by Gasteiger charge is -2.17. The lowest BCUT2D eigenvalue weighted by atomic mass is 10.1. The van der Waals surface area contributed by atoms with E-state index in [2.05, 4.69) is 4.74 Å². The number of hydrogen-bond acceptors (Lipinski definition) is 5. The third-order valence-corrected chi connectivity index (χ3v) is 3.36. The highest BCUT2D eigenvalue weighted by atomic mass is 16.5. The molecule has 0 radical (unpaired) electrons. The van der Waals surface area contributed by atoms with Gasteiger partial charge in [0.05, 0.1) is 33.4 Å². The molecule has 0 saturated heterocycles. The molecule has 0 saturated carbocycles. The summed E-state index contributed by atoms with van der Waals surface area (Å²) in [5, 5.41) is 0. The van der Waals surface area contributed by atoms with Crippen LogP contribution in [0.4, 0.5) is 0 Å². The van der Waals surface area contributed by atoms with Crippen molar-refractivity contribution in [2.45, 2.75) is 25.0 Å². The lowest BCUT2D eigenvalue weighted by Crippen LogP contribution is -2.27. The van der Waals surface area contributed by atoms with Crippen LogP contribution in [0.1, 0.15) is 23.7 Å². The summed E-state index contributed by atoms with van der Waals surface area (Å²) in [4.78, 5) is 11.1. The van der Waals surface area contributed by atoms with Crippen molar-refractivity contribution >= 4 is 5.97 Å². The predicted molar refractivity (Wildman–Crippen MR) is 70.0 cm³/mol. The van der Waals surface area contributed by atoms with Crippen molar-refractivity contribution in [2.75, 3.05) is 20.8 Å². The second-order valence-corrected chi connectivity index (χ2v) is 4.51. The Morgan fingerprint density at radius 2 is 2.21 bits per heavy atom. The summed E-state index contributed by atoms with van der Waals surface area (Å²) in [5.41, 5.74) is 8.26. The molecule has 104 valence electrons. The van der Waals surface area contributed by atoms with Crippen LogP contribution in [-0.4, -0.2) is 32.8 Å². The Labute approximate surface area is 112 Å². The van der Waals surface area contributed by atoms with Gasteiger partial charge in [0.2, 0.25) is 0 Å². The van der Waals surface area contributed by atoms with Gasteiger partial charge < -0.3 is 19.9 Å². The zero-order valence-corrected chi connectivity index (χ0v) is 11.2. The van der Waals surface area contributed by atoms with Crippen molar-refractivity contribution in [3.8, 4) is 5.75 Å². The molecule has 5 heteroatoms. The minimum atomic E-state index is -0.280. The first-order chi connectivity index (χ1) is 9.17. The first-order valence-electron chi connectivity index (χ1n) is 6.27. The van der Waals surface area contributed by atoms with Gasteiger partial charge in [0.15, 0.2) is 0 Å². The van der Waals surface area contributed by atoms with Gasteiger partial charge in [-0.25, -0.2) is 0 Å². The first-order valence-corrected chi connectivity index (χ1v) is 6.27. The number of rotatable bonds is 5. The van der Waals surface area contributed by atoms with Gasteiger partial charge in [0, 0.05) is 11.6 Å². The van der Waals surface area contributed by atoms with Crippen LogP contribution in [0.2, 0.25) is 0 Å². The third kappa shape index (κ3) is 2.88. The normalized spacial score (nSPS) is 21.0. The predicted octanol–water partition coefficient (Wildman–Crippen LogP) is 1.20. The maximum absolute atomic E-state index is 11.1. The molecule has 1 aliphatic carbocycles. The number of esters is 1. The molecule has 0 aliphatic heterocycles. The van der Waals surface area contributed by atoms with Crippen molar-refractivity contribution in [3.05, 3.63) is 29.3 Å². The van der Waals surface area contributed by atoms with E-state index < -0.39 is 0 Å². The second kappa shape index (κ2) is 6.04. The summed E-state index contributed by atoms with van der Waals surface area (Å²) in [6.07, 6.45) is 0.774. The van der Waals surface area contributed by atoms with Crippen LogP contribution in [-0.2, 0) is 20.7 Å². The standard InChI is InChI=1S/C14H19NO4/c1-17-12-5-3-4-9-10(12)8-11(15)14(9)19-7-6-13(16)18-2/h3-5,11,14H,6-8,15H2,1-2H3. The minimum Gasteiger partial charge on any atom is -0.496 e. The van der Waals surface area contributed by atoms with E-state index in [0.29, 0.717) is 6.61 Å². The van der Waals surface area contributed by atoms with Crippen LogP contribution in [0.5, 0.6) is 5.75 Å². The maximum atomic E-state index is 11.1. The van der Waals surface area contributed by atoms with Gasteiger partial charge in [-0.15, -0.1) is 0 Å². The highest BCUT2D eigenvalue weighted by Crippen LogP contribution is 2.38. The Morgan fingerprint density at radius 3 is 2.89 bits per heavy atom. The molecule has 0 spiro atoms. The molecule has 0 bridgehead atoms. The Balaban J connectivity index is 2.06. The van der Waals surface area contributed by atoms with E-state index >= 15 is 0 Å². The largest absolute Gasteiger partial charge is 0.496 e. The van der Waals surface area contributed by atoms with Crippen molar-refractivity contribution in [3.63, 3.8) is 0 Å². The van der Waals surface area contributed by atoms with E-state index in [1.807, 2.05) is 18.2 Å². The molecule has 2 rings (SSSR count). The number of nitrogens with two attached hydrogens (primary N) is 1. The molecule has 1 aromatic carbocycles. The first kappa shape index (κ1) is 13.8. The Hall–Kier alpha value is -1.59. The number of carbonyl (C=O) groups excluding carboxylic acids is 1. The molecule has 0 fully saturated rings. The summed E-state index contributed by atoms with van der Waals surface area (Å²) in [6, 6.07) is 5.73. The highest BCUT2D eigenvalue weighted by Gasteiger charge is 2.32. The molecular formula is C14H19NO4. The van der Waals surface area contributed by atoms with E-state index in [4.69, 9.17) is 15.2 Å². The molecule has 2 N–H and O–H groups in total. The topological polar surface area (TPSA) is 70.8 Å². The van der Waals surface area contributed by atoms with Crippen LogP contribution in [0.15, 0.2) is 18.2 Å².